The summed E-state index contributed by atoms with van der Waals surface area (Å²) in [6, 6.07) is 7.73. The highest BCUT2D eigenvalue weighted by Gasteiger charge is 2.18. The van der Waals surface area contributed by atoms with Gasteiger partial charge >= 0.3 is 0 Å². The summed E-state index contributed by atoms with van der Waals surface area (Å²) in [6.45, 7) is 0. The van der Waals surface area contributed by atoms with Gasteiger partial charge in [-0.1, -0.05) is 12.1 Å². The molecule has 0 aliphatic rings. The maximum Gasteiger partial charge on any atom is 0.204 e. The van der Waals surface area contributed by atoms with Gasteiger partial charge in [-0.15, -0.1) is 0 Å². The van der Waals surface area contributed by atoms with Gasteiger partial charge < -0.3 is 19.7 Å². The lowest BCUT2D eigenvalue weighted by atomic mass is 10.2. The van der Waals surface area contributed by atoms with Gasteiger partial charge in [0.15, 0.2) is 11.6 Å². The molecule has 0 amide bonds. The van der Waals surface area contributed by atoms with E-state index in [4.69, 9.17) is 9.47 Å². The molecule has 2 rings (SSSR count). The molecular weight excluding hydrogens is 256 g/mol. The molecule has 0 unspecified atom stereocenters. The number of rotatable bonds is 5. The Morgan fingerprint density at radius 3 is 2.50 bits per heavy atom. The lowest BCUT2D eigenvalue weighted by molar-refractivity contribution is 0.411. The van der Waals surface area contributed by atoms with Crippen LogP contribution in [-0.2, 0) is 0 Å². The van der Waals surface area contributed by atoms with Crippen molar-refractivity contribution in [1.82, 2.24) is 9.97 Å². The van der Waals surface area contributed by atoms with Crippen LogP contribution >= 0.6 is 0 Å². The third kappa shape index (κ3) is 2.45. The van der Waals surface area contributed by atoms with E-state index in [2.05, 4.69) is 15.3 Å². The standard InChI is InChI=1S/C14H18N4O2/c1-15-13-12(20-4)14(17-9-16-13)18(2)10-7-5-6-8-11(10)19-3/h5-9H,1-4H3,(H,15,16,17). The number of nitrogens with one attached hydrogen (secondary N) is 1. The summed E-state index contributed by atoms with van der Waals surface area (Å²) in [7, 11) is 6.93. The smallest absolute Gasteiger partial charge is 0.204 e. The Labute approximate surface area is 118 Å². The normalized spacial score (nSPS) is 10.0. The Hall–Kier alpha value is -2.50. The van der Waals surface area contributed by atoms with Crippen molar-refractivity contribution in [1.29, 1.82) is 0 Å². The molecule has 1 aromatic heterocycles. The van der Waals surface area contributed by atoms with Crippen LogP contribution in [0.25, 0.3) is 0 Å². The van der Waals surface area contributed by atoms with E-state index < -0.39 is 0 Å². The molecule has 106 valence electrons. The van der Waals surface area contributed by atoms with Gasteiger partial charge in [0.1, 0.15) is 12.1 Å². The molecule has 20 heavy (non-hydrogen) atoms. The van der Waals surface area contributed by atoms with Crippen LogP contribution in [0.15, 0.2) is 30.6 Å². The fraction of sp³-hybridized carbons (Fsp3) is 0.286. The fourth-order valence-electron chi connectivity index (χ4n) is 1.99. The number of ether oxygens (including phenoxy) is 2. The van der Waals surface area contributed by atoms with Crippen LogP contribution in [0.3, 0.4) is 0 Å². The number of methoxy groups -OCH3 is 2. The third-order valence-corrected chi connectivity index (χ3v) is 2.99. The minimum absolute atomic E-state index is 0.586. The average Bonchev–Trinajstić information content (AvgIpc) is 2.53. The summed E-state index contributed by atoms with van der Waals surface area (Å²) in [5.74, 6) is 2.65. The van der Waals surface area contributed by atoms with Crippen molar-refractivity contribution in [2.75, 3.05) is 38.5 Å². The Kier molecular flexibility index (Phi) is 4.24. The van der Waals surface area contributed by atoms with Crippen molar-refractivity contribution in [2.45, 2.75) is 0 Å². The van der Waals surface area contributed by atoms with Crippen molar-refractivity contribution in [2.24, 2.45) is 0 Å². The zero-order valence-electron chi connectivity index (χ0n) is 12.0. The molecule has 1 heterocycles. The predicted molar refractivity (Wildman–Crippen MR) is 79.2 cm³/mol. The van der Waals surface area contributed by atoms with Crippen molar-refractivity contribution in [3.05, 3.63) is 30.6 Å². The van der Waals surface area contributed by atoms with Crippen molar-refractivity contribution in [3.8, 4) is 11.5 Å². The van der Waals surface area contributed by atoms with Gasteiger partial charge in [-0.3, -0.25) is 0 Å². The zero-order chi connectivity index (χ0) is 14.5. The van der Waals surface area contributed by atoms with Crippen LogP contribution in [0.2, 0.25) is 0 Å². The van der Waals surface area contributed by atoms with Crippen molar-refractivity contribution < 1.29 is 9.47 Å². The molecule has 0 atom stereocenters. The van der Waals surface area contributed by atoms with Crippen LogP contribution in [0.5, 0.6) is 11.5 Å². The van der Waals surface area contributed by atoms with Gasteiger partial charge in [-0.25, -0.2) is 9.97 Å². The van der Waals surface area contributed by atoms with Gasteiger partial charge in [0.2, 0.25) is 5.75 Å². The molecule has 0 saturated carbocycles. The summed E-state index contributed by atoms with van der Waals surface area (Å²) < 4.78 is 10.8. The number of anilines is 3. The van der Waals surface area contributed by atoms with E-state index >= 15 is 0 Å². The Morgan fingerprint density at radius 1 is 1.10 bits per heavy atom. The molecule has 0 bridgehead atoms. The molecular formula is C14H18N4O2. The van der Waals surface area contributed by atoms with Crippen molar-refractivity contribution in [3.63, 3.8) is 0 Å². The Morgan fingerprint density at radius 2 is 1.85 bits per heavy atom. The highest BCUT2D eigenvalue weighted by molar-refractivity contribution is 5.73. The van der Waals surface area contributed by atoms with E-state index in [-0.39, 0.29) is 0 Å². The minimum Gasteiger partial charge on any atom is -0.495 e. The van der Waals surface area contributed by atoms with E-state index in [0.717, 1.165) is 11.4 Å². The SMILES string of the molecule is CNc1ncnc(N(C)c2ccccc2OC)c1OC. The summed E-state index contributed by atoms with van der Waals surface area (Å²) in [6.07, 6.45) is 1.50. The second-order valence-electron chi connectivity index (χ2n) is 4.06. The van der Waals surface area contributed by atoms with Gasteiger partial charge in [-0.2, -0.15) is 0 Å². The molecule has 1 aromatic carbocycles. The van der Waals surface area contributed by atoms with Crippen LogP contribution in [-0.4, -0.2) is 38.3 Å². The number of para-hydroxylation sites is 2. The van der Waals surface area contributed by atoms with E-state index in [1.807, 2.05) is 36.2 Å². The second-order valence-corrected chi connectivity index (χ2v) is 4.06. The van der Waals surface area contributed by atoms with Crippen molar-refractivity contribution >= 4 is 17.3 Å². The van der Waals surface area contributed by atoms with Gasteiger partial charge in [-0.05, 0) is 12.1 Å². The number of aromatic nitrogens is 2. The van der Waals surface area contributed by atoms with Crippen LogP contribution in [0.4, 0.5) is 17.3 Å². The average molecular weight is 274 g/mol. The molecule has 1 N–H and O–H groups in total. The van der Waals surface area contributed by atoms with E-state index in [1.54, 1.807) is 21.3 Å². The molecule has 2 aromatic rings. The van der Waals surface area contributed by atoms with E-state index in [1.165, 1.54) is 6.33 Å². The summed E-state index contributed by atoms with van der Waals surface area (Å²) in [5.41, 5.74) is 0.897. The molecule has 0 radical (unpaired) electrons. The quantitative estimate of drug-likeness (QED) is 0.902. The number of hydrogen-bond donors (Lipinski definition) is 1. The topological polar surface area (TPSA) is 59.5 Å². The van der Waals surface area contributed by atoms with Crippen LogP contribution in [0, 0.1) is 0 Å². The zero-order valence-corrected chi connectivity index (χ0v) is 12.0. The van der Waals surface area contributed by atoms with Crippen LogP contribution < -0.4 is 19.7 Å². The van der Waals surface area contributed by atoms with E-state index in [0.29, 0.717) is 17.4 Å². The molecule has 6 nitrogen and oxygen atoms in total. The number of benzene rings is 1. The maximum atomic E-state index is 5.41. The van der Waals surface area contributed by atoms with Gasteiger partial charge in [0.25, 0.3) is 0 Å². The molecule has 0 fully saturated rings. The summed E-state index contributed by atoms with van der Waals surface area (Å²) in [5, 5.41) is 2.99. The largest absolute Gasteiger partial charge is 0.495 e. The van der Waals surface area contributed by atoms with Gasteiger partial charge in [0, 0.05) is 14.1 Å². The highest BCUT2D eigenvalue weighted by Crippen LogP contribution is 2.38. The monoisotopic (exact) mass is 274 g/mol. The van der Waals surface area contributed by atoms with Crippen LogP contribution in [0.1, 0.15) is 0 Å². The first kappa shape index (κ1) is 13.9. The van der Waals surface area contributed by atoms with E-state index in [9.17, 15) is 0 Å². The molecule has 0 aliphatic carbocycles. The minimum atomic E-state index is 0.586. The summed E-state index contributed by atoms with van der Waals surface area (Å²) in [4.78, 5) is 10.3. The predicted octanol–water partition coefficient (Wildman–Crippen LogP) is 2.30. The summed E-state index contributed by atoms with van der Waals surface area (Å²) >= 11 is 0. The third-order valence-electron chi connectivity index (χ3n) is 2.99. The lowest BCUT2D eigenvalue weighted by Gasteiger charge is -2.23. The number of nitrogens with zero attached hydrogens (tertiary/aromatic N) is 3. The molecule has 6 heteroatoms. The highest BCUT2D eigenvalue weighted by atomic mass is 16.5. The Balaban J connectivity index is 2.50. The van der Waals surface area contributed by atoms with Gasteiger partial charge in [0.05, 0.1) is 19.9 Å². The number of hydrogen-bond acceptors (Lipinski definition) is 6. The lowest BCUT2D eigenvalue weighted by Crippen LogP contribution is -2.14. The fourth-order valence-corrected chi connectivity index (χ4v) is 1.99. The molecule has 0 spiro atoms. The first-order valence-corrected chi connectivity index (χ1v) is 6.16. The first-order chi connectivity index (χ1) is 9.72. The molecule has 0 aliphatic heterocycles. The Bertz CT molecular complexity index is 589. The first-order valence-electron chi connectivity index (χ1n) is 6.16. The maximum absolute atomic E-state index is 5.41. The second kappa shape index (κ2) is 6.10. The molecule has 0 saturated heterocycles.